The fourth-order valence-electron chi connectivity index (χ4n) is 5.45. The number of ketones is 1. The van der Waals surface area contributed by atoms with Crippen LogP contribution >= 0.6 is 0 Å². The molecule has 0 aromatic rings. The summed E-state index contributed by atoms with van der Waals surface area (Å²) in [7, 11) is 0. The van der Waals surface area contributed by atoms with Gasteiger partial charge in [0.05, 0.1) is 23.4 Å². The summed E-state index contributed by atoms with van der Waals surface area (Å²) in [6.07, 6.45) is -3.53. The van der Waals surface area contributed by atoms with Gasteiger partial charge in [-0.05, 0) is 13.3 Å². The van der Waals surface area contributed by atoms with E-state index in [2.05, 4.69) is 6.58 Å². The Labute approximate surface area is 175 Å². The second-order valence-corrected chi connectivity index (χ2v) is 9.02. The second-order valence-electron chi connectivity index (χ2n) is 9.02. The second kappa shape index (κ2) is 7.80. The standard InChI is InChI=1S/C22H30O8/c1-7-9(2)20(26)30-19-15-10(3)21(27)29-17(18(15)28-12(5)23)11(4)16-13(24)8-14(25)22(16,19)6/h9,11,13,15-19,24H,3,7-8H2,1-2,4-6H3/t9-,11+,13-,15-,16-,17-,18+,19+,22-/m1/s1. The van der Waals surface area contributed by atoms with Gasteiger partial charge in [-0.25, -0.2) is 4.79 Å². The molecule has 1 aliphatic heterocycles. The number of esters is 3. The van der Waals surface area contributed by atoms with Gasteiger partial charge in [-0.15, -0.1) is 0 Å². The van der Waals surface area contributed by atoms with Crippen LogP contribution in [0.1, 0.15) is 47.5 Å². The first-order valence-corrected chi connectivity index (χ1v) is 10.4. The zero-order valence-corrected chi connectivity index (χ0v) is 18.0. The summed E-state index contributed by atoms with van der Waals surface area (Å²) in [4.78, 5) is 50.4. The van der Waals surface area contributed by atoms with E-state index in [0.29, 0.717) is 6.42 Å². The predicted molar refractivity (Wildman–Crippen MR) is 104 cm³/mol. The lowest BCUT2D eigenvalue weighted by Gasteiger charge is -2.42. The summed E-state index contributed by atoms with van der Waals surface area (Å²) in [5.74, 6) is -4.60. The van der Waals surface area contributed by atoms with Crippen molar-refractivity contribution in [3.8, 4) is 0 Å². The van der Waals surface area contributed by atoms with Gasteiger partial charge in [0, 0.05) is 30.8 Å². The molecule has 8 heteroatoms. The molecule has 8 nitrogen and oxygen atoms in total. The zero-order valence-electron chi connectivity index (χ0n) is 18.0. The highest BCUT2D eigenvalue weighted by atomic mass is 16.6. The van der Waals surface area contributed by atoms with Crippen molar-refractivity contribution in [1.29, 1.82) is 0 Å². The third kappa shape index (κ3) is 3.25. The van der Waals surface area contributed by atoms with Crippen LogP contribution in [-0.2, 0) is 33.4 Å². The lowest BCUT2D eigenvalue weighted by molar-refractivity contribution is -0.190. The van der Waals surface area contributed by atoms with E-state index in [-0.39, 0.29) is 17.8 Å². The minimum atomic E-state index is -1.28. The molecule has 3 aliphatic rings. The lowest BCUT2D eigenvalue weighted by Crippen LogP contribution is -2.55. The Morgan fingerprint density at radius 2 is 1.97 bits per heavy atom. The number of carbonyl (C=O) groups is 4. The van der Waals surface area contributed by atoms with Crippen LogP contribution in [0.15, 0.2) is 12.2 Å². The number of ether oxygens (including phenoxy) is 3. The molecule has 0 spiro atoms. The topological polar surface area (TPSA) is 116 Å². The van der Waals surface area contributed by atoms with Crippen LogP contribution in [0.5, 0.6) is 0 Å². The minimum absolute atomic E-state index is 0.0114. The summed E-state index contributed by atoms with van der Waals surface area (Å²) < 4.78 is 17.0. The van der Waals surface area contributed by atoms with Gasteiger partial charge >= 0.3 is 17.9 Å². The molecule has 166 valence electrons. The van der Waals surface area contributed by atoms with Crippen LogP contribution in [0.4, 0.5) is 0 Å². The van der Waals surface area contributed by atoms with Crippen molar-refractivity contribution in [2.75, 3.05) is 0 Å². The van der Waals surface area contributed by atoms with Crippen LogP contribution < -0.4 is 0 Å². The van der Waals surface area contributed by atoms with E-state index in [0.717, 1.165) is 0 Å². The van der Waals surface area contributed by atoms with E-state index < -0.39 is 71.4 Å². The number of fused-ring (bicyclic) bond motifs is 3. The Bertz CT molecular complexity index is 788. The van der Waals surface area contributed by atoms with Gasteiger partial charge in [0.2, 0.25) is 0 Å². The maximum atomic E-state index is 13.2. The maximum Gasteiger partial charge on any atom is 0.334 e. The molecule has 2 aliphatic carbocycles. The fraction of sp³-hybridized carbons (Fsp3) is 0.727. The average molecular weight is 422 g/mol. The highest BCUT2D eigenvalue weighted by molar-refractivity contribution is 5.93. The van der Waals surface area contributed by atoms with Crippen LogP contribution in [0.3, 0.4) is 0 Å². The van der Waals surface area contributed by atoms with E-state index in [1.165, 1.54) is 6.92 Å². The molecule has 9 atom stereocenters. The Balaban J connectivity index is 2.20. The monoisotopic (exact) mass is 422 g/mol. The first kappa shape index (κ1) is 22.5. The molecular formula is C22H30O8. The molecule has 0 amide bonds. The van der Waals surface area contributed by atoms with Crippen molar-refractivity contribution in [3.63, 3.8) is 0 Å². The number of hydrogen-bond donors (Lipinski definition) is 1. The smallest absolute Gasteiger partial charge is 0.334 e. The summed E-state index contributed by atoms with van der Waals surface area (Å²) in [5.41, 5.74) is -1.29. The number of rotatable bonds is 4. The molecule has 0 radical (unpaired) electrons. The van der Waals surface area contributed by atoms with E-state index in [1.54, 1.807) is 20.8 Å². The van der Waals surface area contributed by atoms with Gasteiger partial charge in [0.25, 0.3) is 0 Å². The van der Waals surface area contributed by atoms with Crippen LogP contribution in [-0.4, -0.2) is 53.2 Å². The molecule has 2 saturated carbocycles. The quantitative estimate of drug-likeness (QED) is 0.412. The first-order chi connectivity index (χ1) is 13.9. The lowest BCUT2D eigenvalue weighted by atomic mass is 9.67. The molecule has 2 bridgehead atoms. The van der Waals surface area contributed by atoms with Crippen molar-refractivity contribution < 1.29 is 38.5 Å². The van der Waals surface area contributed by atoms with Crippen molar-refractivity contribution in [2.24, 2.45) is 29.1 Å². The van der Waals surface area contributed by atoms with Gasteiger partial charge in [-0.1, -0.05) is 27.4 Å². The number of aliphatic hydroxyl groups excluding tert-OH is 1. The van der Waals surface area contributed by atoms with Crippen LogP contribution in [0.25, 0.3) is 0 Å². The highest BCUT2D eigenvalue weighted by Gasteiger charge is 2.68. The number of carbonyl (C=O) groups excluding carboxylic acids is 4. The molecule has 1 N–H and O–H groups in total. The van der Waals surface area contributed by atoms with Gasteiger partial charge in [-0.3, -0.25) is 14.4 Å². The fourth-order valence-corrected chi connectivity index (χ4v) is 5.45. The molecule has 1 heterocycles. The minimum Gasteiger partial charge on any atom is -0.460 e. The van der Waals surface area contributed by atoms with Gasteiger partial charge in [0.1, 0.15) is 24.1 Å². The molecule has 3 fully saturated rings. The van der Waals surface area contributed by atoms with Crippen LogP contribution in [0, 0.1) is 29.1 Å². The summed E-state index contributed by atoms with van der Waals surface area (Å²) in [6, 6.07) is 0. The van der Waals surface area contributed by atoms with Crippen molar-refractivity contribution in [3.05, 3.63) is 12.2 Å². The first-order valence-electron chi connectivity index (χ1n) is 10.4. The average Bonchev–Trinajstić information content (AvgIpc) is 2.87. The summed E-state index contributed by atoms with van der Waals surface area (Å²) in [6.45, 7) is 12.0. The summed E-state index contributed by atoms with van der Waals surface area (Å²) >= 11 is 0. The van der Waals surface area contributed by atoms with Gasteiger partial charge in [-0.2, -0.15) is 0 Å². The van der Waals surface area contributed by atoms with Crippen molar-refractivity contribution in [2.45, 2.75) is 71.9 Å². The number of aliphatic hydroxyl groups is 1. The molecule has 1 saturated heterocycles. The van der Waals surface area contributed by atoms with E-state index in [9.17, 15) is 24.3 Å². The van der Waals surface area contributed by atoms with Crippen LogP contribution in [0.2, 0.25) is 0 Å². The number of Topliss-reactive ketones (excluding diaryl/α,β-unsaturated/α-hetero) is 1. The SMILES string of the molecule is C=C1C(=O)O[C@@H]2[C@@H](C)[C@@H]3[C@H](O)CC(=O)[C@@]3(C)[C@@H](OC(=O)[C@H](C)CC)[C@H]1[C@@H]2OC(C)=O. The van der Waals surface area contributed by atoms with Gasteiger partial charge in [0.15, 0.2) is 0 Å². The largest absolute Gasteiger partial charge is 0.460 e. The van der Waals surface area contributed by atoms with Crippen molar-refractivity contribution >= 4 is 23.7 Å². The predicted octanol–water partition coefficient (Wildman–Crippen LogP) is 1.58. The highest BCUT2D eigenvalue weighted by Crippen LogP contribution is 2.57. The van der Waals surface area contributed by atoms with Gasteiger partial charge < -0.3 is 19.3 Å². The van der Waals surface area contributed by atoms with E-state index in [4.69, 9.17) is 14.2 Å². The maximum absolute atomic E-state index is 13.2. The molecule has 30 heavy (non-hydrogen) atoms. The normalized spacial score (nSPS) is 41.4. The Kier molecular flexibility index (Phi) is 5.84. The Morgan fingerprint density at radius 1 is 1.33 bits per heavy atom. The summed E-state index contributed by atoms with van der Waals surface area (Å²) in [5, 5.41) is 10.8. The molecule has 0 aromatic heterocycles. The Hall–Kier alpha value is -2.22. The third-order valence-electron chi connectivity index (χ3n) is 7.25. The zero-order chi connectivity index (χ0) is 22.5. The molecule has 0 aromatic carbocycles. The third-order valence-corrected chi connectivity index (χ3v) is 7.25. The molecule has 3 rings (SSSR count). The van der Waals surface area contributed by atoms with E-state index in [1.807, 2.05) is 6.92 Å². The molecular weight excluding hydrogens is 392 g/mol. The number of hydrogen-bond acceptors (Lipinski definition) is 8. The molecule has 0 unspecified atom stereocenters. The van der Waals surface area contributed by atoms with Crippen molar-refractivity contribution in [1.82, 2.24) is 0 Å². The van der Waals surface area contributed by atoms with E-state index >= 15 is 0 Å². The Morgan fingerprint density at radius 3 is 2.53 bits per heavy atom.